The van der Waals surface area contributed by atoms with Gasteiger partial charge in [0, 0.05) is 6.42 Å². The molecule has 0 aliphatic heterocycles. The highest BCUT2D eigenvalue weighted by Crippen LogP contribution is 2.30. The first-order chi connectivity index (χ1) is 13.4. The third-order valence-corrected chi connectivity index (χ3v) is 6.37. The molecule has 1 aliphatic carbocycles. The van der Waals surface area contributed by atoms with Crippen molar-refractivity contribution in [1.82, 2.24) is 9.97 Å². The lowest BCUT2D eigenvalue weighted by molar-refractivity contribution is -0.149. The Bertz CT molecular complexity index is 927. The van der Waals surface area contributed by atoms with Gasteiger partial charge in [-0.05, 0) is 38.7 Å². The highest BCUT2D eigenvalue weighted by atomic mass is 32.1. The molecule has 1 aliphatic rings. The fraction of sp³-hybridized carbons (Fsp3) is 0.600. The van der Waals surface area contributed by atoms with Gasteiger partial charge >= 0.3 is 11.9 Å². The molecule has 1 fully saturated rings. The normalized spacial score (nSPS) is 15.7. The lowest BCUT2D eigenvalue weighted by Gasteiger charge is -2.13. The maximum absolute atomic E-state index is 12.5. The van der Waals surface area contributed by atoms with Crippen molar-refractivity contribution in [2.45, 2.75) is 65.4 Å². The van der Waals surface area contributed by atoms with Crippen molar-refractivity contribution < 1.29 is 19.1 Å². The van der Waals surface area contributed by atoms with Crippen molar-refractivity contribution in [1.29, 1.82) is 0 Å². The van der Waals surface area contributed by atoms with E-state index in [4.69, 9.17) is 9.47 Å². The second-order valence-corrected chi connectivity index (χ2v) is 8.23. The molecule has 0 radical (unpaired) electrons. The van der Waals surface area contributed by atoms with Gasteiger partial charge in [0.1, 0.15) is 9.71 Å². The second-order valence-electron chi connectivity index (χ2n) is 7.23. The number of rotatable bonds is 7. The van der Waals surface area contributed by atoms with Crippen molar-refractivity contribution in [2.75, 3.05) is 6.61 Å². The molecule has 7 nitrogen and oxygen atoms in total. The quantitative estimate of drug-likeness (QED) is 0.697. The molecule has 0 bridgehead atoms. The number of aromatic amines is 1. The Kier molecular flexibility index (Phi) is 6.49. The Hall–Kier alpha value is -2.22. The number of nitrogens with zero attached hydrogens (tertiary/aromatic N) is 1. The zero-order chi connectivity index (χ0) is 20.3. The first kappa shape index (κ1) is 20.5. The maximum atomic E-state index is 12.5. The van der Waals surface area contributed by atoms with Gasteiger partial charge < -0.3 is 14.5 Å². The summed E-state index contributed by atoms with van der Waals surface area (Å²) in [6, 6.07) is 0. The van der Waals surface area contributed by atoms with Crippen LogP contribution in [-0.2, 0) is 14.3 Å². The van der Waals surface area contributed by atoms with Gasteiger partial charge in [0.05, 0.1) is 12.0 Å². The van der Waals surface area contributed by atoms with Crippen LogP contribution in [0.15, 0.2) is 4.79 Å². The lowest BCUT2D eigenvalue weighted by Crippen LogP contribution is -2.17. The molecule has 0 unspecified atom stereocenters. The third-order valence-electron chi connectivity index (χ3n) is 5.20. The lowest BCUT2D eigenvalue weighted by atomic mass is 10.0. The number of carbonyl (C=O) groups is 2. The summed E-state index contributed by atoms with van der Waals surface area (Å²) in [7, 11) is 0. The molecule has 1 atom stereocenters. The van der Waals surface area contributed by atoms with Gasteiger partial charge in [0.25, 0.3) is 5.56 Å². The van der Waals surface area contributed by atoms with E-state index in [2.05, 4.69) is 9.97 Å². The van der Waals surface area contributed by atoms with Crippen molar-refractivity contribution in [3.8, 4) is 0 Å². The number of esters is 2. The van der Waals surface area contributed by atoms with E-state index in [1.165, 1.54) is 25.7 Å². The second kappa shape index (κ2) is 8.86. The van der Waals surface area contributed by atoms with Gasteiger partial charge in [-0.3, -0.25) is 9.59 Å². The van der Waals surface area contributed by atoms with Gasteiger partial charge in [-0.25, -0.2) is 9.78 Å². The summed E-state index contributed by atoms with van der Waals surface area (Å²) >= 11 is 1.12. The predicted molar refractivity (Wildman–Crippen MR) is 107 cm³/mol. The van der Waals surface area contributed by atoms with E-state index >= 15 is 0 Å². The summed E-state index contributed by atoms with van der Waals surface area (Å²) in [5.41, 5.74) is 0.207. The monoisotopic (exact) mass is 406 g/mol. The molecule has 0 aromatic carbocycles. The number of aromatic nitrogens is 2. The van der Waals surface area contributed by atoms with E-state index in [-0.39, 0.29) is 24.0 Å². The van der Waals surface area contributed by atoms with E-state index < -0.39 is 12.1 Å². The average molecular weight is 407 g/mol. The zero-order valence-electron chi connectivity index (χ0n) is 16.5. The van der Waals surface area contributed by atoms with Gasteiger partial charge in [0.2, 0.25) is 0 Å². The number of aryl methyl sites for hydroxylation is 1. The Morgan fingerprint density at radius 3 is 2.71 bits per heavy atom. The van der Waals surface area contributed by atoms with Crippen molar-refractivity contribution >= 4 is 33.5 Å². The van der Waals surface area contributed by atoms with Crippen LogP contribution in [0, 0.1) is 12.8 Å². The van der Waals surface area contributed by atoms with Crippen molar-refractivity contribution in [2.24, 2.45) is 5.92 Å². The molecular formula is C20H26N2O5S. The molecule has 152 valence electrons. The highest BCUT2D eigenvalue weighted by molar-refractivity contribution is 7.20. The number of H-pyrrole nitrogens is 1. The minimum absolute atomic E-state index is 0.259. The molecule has 0 spiro atoms. The van der Waals surface area contributed by atoms with Gasteiger partial charge in [0.15, 0.2) is 11.9 Å². The molecule has 0 saturated heterocycles. The minimum Gasteiger partial charge on any atom is -0.462 e. The number of fused-ring (bicyclic) bond motifs is 1. The SMILES string of the molecule is CCOC(=O)c1sc2nc([C@H](C)OC(=O)CCC3CCCC3)[nH]c(=O)c2c1C. The Balaban J connectivity index is 1.74. The van der Waals surface area contributed by atoms with Gasteiger partial charge in [-0.2, -0.15) is 0 Å². The Morgan fingerprint density at radius 1 is 1.32 bits per heavy atom. The first-order valence-electron chi connectivity index (χ1n) is 9.80. The van der Waals surface area contributed by atoms with E-state index in [1.807, 2.05) is 0 Å². The fourth-order valence-electron chi connectivity index (χ4n) is 3.68. The van der Waals surface area contributed by atoms with E-state index in [0.29, 0.717) is 33.0 Å². The minimum atomic E-state index is -0.665. The van der Waals surface area contributed by atoms with E-state index in [1.54, 1.807) is 20.8 Å². The summed E-state index contributed by atoms with van der Waals surface area (Å²) in [5, 5.41) is 0.372. The van der Waals surface area contributed by atoms with E-state index in [0.717, 1.165) is 17.8 Å². The summed E-state index contributed by atoms with van der Waals surface area (Å²) in [6.07, 6.45) is 5.43. The molecule has 2 heterocycles. The standard InChI is InChI=1S/C20H26N2O5S/c1-4-26-20(25)16-11(2)15-18(24)21-17(22-19(15)28-16)12(3)27-14(23)10-9-13-7-5-6-8-13/h12-13H,4-10H2,1-3H3,(H,21,22,24)/t12-/m0/s1. The van der Waals surface area contributed by atoms with Crippen LogP contribution < -0.4 is 5.56 Å². The molecule has 1 N–H and O–H groups in total. The van der Waals surface area contributed by atoms with Crippen LogP contribution in [0.25, 0.3) is 10.2 Å². The largest absolute Gasteiger partial charge is 0.462 e. The van der Waals surface area contributed by atoms with Crippen molar-refractivity contribution in [3.63, 3.8) is 0 Å². The van der Waals surface area contributed by atoms with Crippen LogP contribution in [-0.4, -0.2) is 28.5 Å². The predicted octanol–water partition coefficient (Wildman–Crippen LogP) is 4.04. The van der Waals surface area contributed by atoms with Crippen LogP contribution in [0.1, 0.15) is 79.5 Å². The van der Waals surface area contributed by atoms with Crippen LogP contribution in [0.5, 0.6) is 0 Å². The summed E-state index contributed by atoms with van der Waals surface area (Å²) < 4.78 is 10.5. The Labute approximate surface area is 167 Å². The molecule has 3 rings (SSSR count). The number of hydrogen-bond acceptors (Lipinski definition) is 7. The Morgan fingerprint density at radius 2 is 2.04 bits per heavy atom. The van der Waals surface area contributed by atoms with Gasteiger partial charge in [-0.15, -0.1) is 11.3 Å². The summed E-state index contributed by atoms with van der Waals surface area (Å²) in [5.74, 6) is 0.156. The molecule has 1 saturated carbocycles. The number of nitrogens with one attached hydrogen (secondary N) is 1. The van der Waals surface area contributed by atoms with Crippen molar-refractivity contribution in [3.05, 3.63) is 26.6 Å². The summed E-state index contributed by atoms with van der Waals surface area (Å²) in [4.78, 5) is 44.7. The summed E-state index contributed by atoms with van der Waals surface area (Å²) in [6.45, 7) is 5.38. The first-order valence-corrected chi connectivity index (χ1v) is 10.6. The number of carbonyl (C=O) groups excluding carboxylic acids is 2. The van der Waals surface area contributed by atoms with E-state index in [9.17, 15) is 14.4 Å². The molecular weight excluding hydrogens is 380 g/mol. The van der Waals surface area contributed by atoms with Gasteiger partial charge in [-0.1, -0.05) is 25.7 Å². The van der Waals surface area contributed by atoms with Crippen LogP contribution in [0.3, 0.4) is 0 Å². The average Bonchev–Trinajstić information content (AvgIpc) is 3.28. The molecule has 2 aromatic heterocycles. The maximum Gasteiger partial charge on any atom is 0.348 e. The smallest absolute Gasteiger partial charge is 0.348 e. The molecule has 8 heteroatoms. The molecule has 2 aromatic rings. The number of thiophene rings is 1. The fourth-order valence-corrected chi connectivity index (χ4v) is 4.76. The van der Waals surface area contributed by atoms with Crippen LogP contribution in [0.4, 0.5) is 0 Å². The third kappa shape index (κ3) is 4.43. The number of ether oxygens (including phenoxy) is 2. The number of hydrogen-bond donors (Lipinski definition) is 1. The van der Waals surface area contributed by atoms with Crippen LogP contribution >= 0.6 is 11.3 Å². The molecule has 28 heavy (non-hydrogen) atoms. The highest BCUT2D eigenvalue weighted by Gasteiger charge is 2.23. The molecule has 0 amide bonds. The topological polar surface area (TPSA) is 98.3 Å². The van der Waals surface area contributed by atoms with Crippen LogP contribution in [0.2, 0.25) is 0 Å². The zero-order valence-corrected chi connectivity index (χ0v) is 17.3.